The molecule has 10 heteroatoms. The van der Waals surface area contributed by atoms with Gasteiger partial charge in [-0.05, 0) is 55.4 Å². The van der Waals surface area contributed by atoms with Crippen molar-refractivity contribution in [1.82, 2.24) is 25.3 Å². The summed E-state index contributed by atoms with van der Waals surface area (Å²) in [5, 5.41) is 9.76. The molecule has 188 valence electrons. The Labute approximate surface area is 205 Å². The van der Waals surface area contributed by atoms with Crippen LogP contribution in [0.3, 0.4) is 0 Å². The molecule has 35 heavy (non-hydrogen) atoms. The van der Waals surface area contributed by atoms with E-state index < -0.39 is 23.9 Å². The van der Waals surface area contributed by atoms with Gasteiger partial charge in [0.15, 0.2) is 0 Å². The van der Waals surface area contributed by atoms with E-state index in [1.54, 1.807) is 22.8 Å². The summed E-state index contributed by atoms with van der Waals surface area (Å²) in [4.78, 5) is 40.8. The van der Waals surface area contributed by atoms with Gasteiger partial charge >= 0.3 is 0 Å². The zero-order chi connectivity index (χ0) is 24.9. The van der Waals surface area contributed by atoms with Crippen LogP contribution < -0.4 is 21.1 Å². The van der Waals surface area contributed by atoms with Crippen LogP contribution in [-0.4, -0.2) is 58.1 Å². The molecule has 1 aromatic heterocycles. The van der Waals surface area contributed by atoms with E-state index in [1.807, 2.05) is 25.1 Å². The second-order valence-corrected chi connectivity index (χ2v) is 9.49. The molecule has 2 aromatic rings. The molecule has 0 radical (unpaired) electrons. The highest BCUT2D eigenvalue weighted by Gasteiger charge is 2.30. The number of rotatable bonds is 1. The first-order valence-corrected chi connectivity index (χ1v) is 12.1. The third kappa shape index (κ3) is 6.19. The standard InChI is InChI=1S/C25H34N6O4/c1-16-5-6-20-10-18(16)12-27-25(34)23(19-13-28-30(2)15-19)29-24(33)21(26)11-22(32)31-8-3-4-17(14-31)7-9-35-20/h5-6,10,13,15,17,21,23H,3-4,7-9,11-12,14,26H2,1-2H3,(H,27,34)(H,29,33)/t17?,21-,23?/m0/s1. The Morgan fingerprint density at radius 2 is 2.00 bits per heavy atom. The number of nitrogens with zero attached hydrogens (tertiary/aromatic N) is 3. The van der Waals surface area contributed by atoms with Crippen LogP contribution in [0, 0.1) is 12.8 Å². The van der Waals surface area contributed by atoms with Gasteiger partial charge in [0, 0.05) is 38.4 Å². The maximum absolute atomic E-state index is 13.2. The minimum absolute atomic E-state index is 0.111. The number of hydrogen-bond donors (Lipinski definition) is 3. The molecule has 4 rings (SSSR count). The number of benzene rings is 1. The minimum Gasteiger partial charge on any atom is -0.494 e. The van der Waals surface area contributed by atoms with Gasteiger partial charge in [-0.25, -0.2) is 0 Å². The average molecular weight is 483 g/mol. The van der Waals surface area contributed by atoms with E-state index in [0.717, 1.165) is 36.1 Å². The van der Waals surface area contributed by atoms with Crippen molar-refractivity contribution in [1.29, 1.82) is 0 Å². The smallest absolute Gasteiger partial charge is 0.247 e. The monoisotopic (exact) mass is 482 g/mol. The molecule has 3 amide bonds. The Hall–Kier alpha value is -3.40. The van der Waals surface area contributed by atoms with Gasteiger partial charge in [-0.2, -0.15) is 5.10 Å². The van der Waals surface area contributed by atoms with Crippen LogP contribution in [0.4, 0.5) is 0 Å². The maximum atomic E-state index is 13.2. The van der Waals surface area contributed by atoms with Gasteiger partial charge in [0.2, 0.25) is 17.7 Å². The molecule has 3 heterocycles. The van der Waals surface area contributed by atoms with Gasteiger partial charge in [-0.3, -0.25) is 19.1 Å². The van der Waals surface area contributed by atoms with Gasteiger partial charge < -0.3 is 26.0 Å². The molecule has 0 saturated carbocycles. The highest BCUT2D eigenvalue weighted by molar-refractivity contribution is 5.92. The first-order valence-electron chi connectivity index (χ1n) is 12.1. The molecule has 4 bridgehead atoms. The van der Waals surface area contributed by atoms with Gasteiger partial charge in [-0.1, -0.05) is 6.07 Å². The number of carbonyl (C=O) groups excluding carboxylic acids is 3. The number of aromatic nitrogens is 2. The van der Waals surface area contributed by atoms with Crippen molar-refractivity contribution in [3.8, 4) is 5.75 Å². The second kappa shape index (κ2) is 10.9. The van der Waals surface area contributed by atoms with Crippen LogP contribution >= 0.6 is 0 Å². The van der Waals surface area contributed by atoms with Crippen LogP contribution in [0.15, 0.2) is 30.6 Å². The molecule has 1 saturated heterocycles. The number of ether oxygens (including phenoxy) is 1. The molecular weight excluding hydrogens is 448 g/mol. The van der Waals surface area contributed by atoms with E-state index >= 15 is 0 Å². The summed E-state index contributed by atoms with van der Waals surface area (Å²) in [6.45, 7) is 4.09. The lowest BCUT2D eigenvalue weighted by Crippen LogP contribution is -2.49. The van der Waals surface area contributed by atoms with Crippen LogP contribution in [-0.2, 0) is 28.0 Å². The molecule has 2 unspecified atom stereocenters. The van der Waals surface area contributed by atoms with Gasteiger partial charge in [-0.15, -0.1) is 0 Å². The minimum atomic E-state index is -1.06. The van der Waals surface area contributed by atoms with Gasteiger partial charge in [0.1, 0.15) is 11.8 Å². The summed E-state index contributed by atoms with van der Waals surface area (Å²) in [7, 11) is 1.73. The predicted octanol–water partition coefficient (Wildman–Crippen LogP) is 0.941. The van der Waals surface area contributed by atoms with E-state index in [1.165, 1.54) is 6.20 Å². The fraction of sp³-hybridized carbons (Fsp3) is 0.520. The van der Waals surface area contributed by atoms with Crippen molar-refractivity contribution >= 4 is 17.7 Å². The van der Waals surface area contributed by atoms with E-state index in [0.29, 0.717) is 31.2 Å². The molecule has 10 nitrogen and oxygen atoms in total. The van der Waals surface area contributed by atoms with E-state index in [4.69, 9.17) is 10.5 Å². The molecule has 3 atom stereocenters. The largest absolute Gasteiger partial charge is 0.494 e. The number of piperidine rings is 1. The van der Waals surface area contributed by atoms with Crippen LogP contribution in [0.2, 0.25) is 0 Å². The fourth-order valence-corrected chi connectivity index (χ4v) is 4.63. The van der Waals surface area contributed by atoms with Crippen molar-refractivity contribution in [2.24, 2.45) is 18.7 Å². The number of fused-ring (bicyclic) bond motifs is 4. The zero-order valence-corrected chi connectivity index (χ0v) is 20.3. The quantitative estimate of drug-likeness (QED) is 0.554. The Balaban J connectivity index is 1.60. The van der Waals surface area contributed by atoms with Crippen LogP contribution in [0.5, 0.6) is 5.75 Å². The third-order valence-electron chi connectivity index (χ3n) is 6.78. The number of hydrogen-bond acceptors (Lipinski definition) is 6. The van der Waals surface area contributed by atoms with Crippen molar-refractivity contribution in [2.45, 2.75) is 51.2 Å². The molecule has 2 aliphatic heterocycles. The van der Waals surface area contributed by atoms with Crippen molar-refractivity contribution in [3.63, 3.8) is 0 Å². The Bertz CT molecular complexity index is 1080. The first kappa shape index (κ1) is 24.7. The Kier molecular flexibility index (Phi) is 7.70. The number of aryl methyl sites for hydroxylation is 2. The lowest BCUT2D eigenvalue weighted by Gasteiger charge is -2.33. The van der Waals surface area contributed by atoms with Gasteiger partial charge in [0.05, 0.1) is 25.3 Å². The number of nitrogens with two attached hydrogens (primary N) is 1. The SMILES string of the molecule is Cc1ccc2cc1CNC(=O)C(c1cnn(C)c1)NC(=O)[C@@H](N)CC(=O)N1CCCC(CCO2)C1. The lowest BCUT2D eigenvalue weighted by molar-refractivity contribution is -0.136. The van der Waals surface area contributed by atoms with E-state index in [9.17, 15) is 14.4 Å². The van der Waals surface area contributed by atoms with Crippen molar-refractivity contribution in [3.05, 3.63) is 47.3 Å². The molecule has 4 N–H and O–H groups in total. The number of amides is 3. The van der Waals surface area contributed by atoms with Crippen molar-refractivity contribution in [2.75, 3.05) is 19.7 Å². The molecule has 0 spiro atoms. The topological polar surface area (TPSA) is 132 Å². The maximum Gasteiger partial charge on any atom is 0.247 e. The lowest BCUT2D eigenvalue weighted by atomic mass is 9.94. The molecule has 0 aliphatic carbocycles. The Morgan fingerprint density at radius 1 is 1.17 bits per heavy atom. The molecule has 2 aliphatic rings. The number of nitrogens with one attached hydrogen (secondary N) is 2. The average Bonchev–Trinajstić information content (AvgIpc) is 3.27. The zero-order valence-electron chi connectivity index (χ0n) is 20.3. The predicted molar refractivity (Wildman–Crippen MR) is 129 cm³/mol. The summed E-state index contributed by atoms with van der Waals surface area (Å²) in [5.41, 5.74) is 8.59. The molecule has 1 aromatic carbocycles. The Morgan fingerprint density at radius 3 is 2.77 bits per heavy atom. The van der Waals surface area contributed by atoms with Crippen molar-refractivity contribution < 1.29 is 19.1 Å². The van der Waals surface area contributed by atoms with Crippen LogP contribution in [0.1, 0.15) is 48.4 Å². The summed E-state index contributed by atoms with van der Waals surface area (Å²) in [5.74, 6) is -0.00673. The summed E-state index contributed by atoms with van der Waals surface area (Å²) < 4.78 is 7.57. The highest BCUT2D eigenvalue weighted by Crippen LogP contribution is 2.23. The molecular formula is C25H34N6O4. The van der Waals surface area contributed by atoms with E-state index in [2.05, 4.69) is 15.7 Å². The van der Waals surface area contributed by atoms with E-state index in [-0.39, 0.29) is 18.9 Å². The number of carbonyl (C=O) groups is 3. The summed E-state index contributed by atoms with van der Waals surface area (Å²) in [6.07, 6.45) is 5.87. The molecule has 1 fully saturated rings. The summed E-state index contributed by atoms with van der Waals surface area (Å²) in [6, 6.07) is 3.78. The second-order valence-electron chi connectivity index (χ2n) is 9.49. The van der Waals surface area contributed by atoms with Gasteiger partial charge in [0.25, 0.3) is 0 Å². The third-order valence-corrected chi connectivity index (χ3v) is 6.78. The summed E-state index contributed by atoms with van der Waals surface area (Å²) >= 11 is 0. The first-order chi connectivity index (χ1) is 16.8. The fourth-order valence-electron chi connectivity index (χ4n) is 4.63. The highest BCUT2D eigenvalue weighted by atomic mass is 16.5. The van der Waals surface area contributed by atoms with Crippen LogP contribution in [0.25, 0.3) is 0 Å². The normalized spacial score (nSPS) is 24.6.